The minimum atomic E-state index is 0.0582. The number of hydrogen-bond acceptors (Lipinski definition) is 4. The maximum absolute atomic E-state index is 12.4. The number of benzene rings is 1. The zero-order chi connectivity index (χ0) is 18.5. The molecular formula is C20H28N4O2. The molecule has 0 spiro atoms. The summed E-state index contributed by atoms with van der Waals surface area (Å²) in [4.78, 5) is 16.7. The maximum atomic E-state index is 12.4. The Morgan fingerprint density at radius 1 is 1.15 bits per heavy atom. The fourth-order valence-corrected chi connectivity index (χ4v) is 3.22. The van der Waals surface area contributed by atoms with Crippen molar-refractivity contribution in [3.05, 3.63) is 47.3 Å². The number of ether oxygens (including phenoxy) is 1. The molecule has 2 heterocycles. The third-order valence-electron chi connectivity index (χ3n) is 4.94. The van der Waals surface area contributed by atoms with Gasteiger partial charge in [-0.2, -0.15) is 5.10 Å². The lowest BCUT2D eigenvalue weighted by molar-refractivity contribution is -0.135. The van der Waals surface area contributed by atoms with Gasteiger partial charge >= 0.3 is 0 Å². The maximum Gasteiger partial charge on any atom is 0.260 e. The second kappa shape index (κ2) is 8.36. The standard InChI is InChI=1S/C20H28N4O2/c1-4-24-14-18(17(3)21-24)13-22-9-11-23(12-10-22)20(25)15-26-19-8-6-5-7-16(19)2/h5-8,14H,4,9-13,15H2,1-3H3. The van der Waals surface area contributed by atoms with Crippen molar-refractivity contribution < 1.29 is 9.53 Å². The van der Waals surface area contributed by atoms with E-state index < -0.39 is 0 Å². The lowest BCUT2D eigenvalue weighted by Gasteiger charge is -2.34. The Hall–Kier alpha value is -2.34. The predicted molar refractivity (Wildman–Crippen MR) is 101 cm³/mol. The van der Waals surface area contributed by atoms with Crippen molar-refractivity contribution in [3.8, 4) is 5.75 Å². The predicted octanol–water partition coefficient (Wildman–Crippen LogP) is 2.24. The number of nitrogens with zero attached hydrogens (tertiary/aromatic N) is 4. The van der Waals surface area contributed by atoms with Crippen molar-refractivity contribution in [1.29, 1.82) is 0 Å². The minimum Gasteiger partial charge on any atom is -0.484 e. The second-order valence-electron chi connectivity index (χ2n) is 6.81. The van der Waals surface area contributed by atoms with Crippen LogP contribution in [0.4, 0.5) is 0 Å². The van der Waals surface area contributed by atoms with E-state index in [1.165, 1.54) is 5.56 Å². The Balaban J connectivity index is 1.46. The first-order valence-corrected chi connectivity index (χ1v) is 9.28. The number of hydrogen-bond donors (Lipinski definition) is 0. The fraction of sp³-hybridized carbons (Fsp3) is 0.500. The summed E-state index contributed by atoms with van der Waals surface area (Å²) in [6, 6.07) is 7.78. The van der Waals surface area contributed by atoms with E-state index in [4.69, 9.17) is 4.74 Å². The summed E-state index contributed by atoms with van der Waals surface area (Å²) < 4.78 is 7.67. The monoisotopic (exact) mass is 356 g/mol. The molecule has 0 bridgehead atoms. The van der Waals surface area contributed by atoms with Crippen molar-refractivity contribution in [2.45, 2.75) is 33.9 Å². The number of carbonyl (C=O) groups is 1. The first-order chi connectivity index (χ1) is 12.6. The Morgan fingerprint density at radius 2 is 1.88 bits per heavy atom. The highest BCUT2D eigenvalue weighted by Crippen LogP contribution is 2.16. The quantitative estimate of drug-likeness (QED) is 0.797. The molecule has 0 atom stereocenters. The van der Waals surface area contributed by atoms with Crippen molar-refractivity contribution in [2.24, 2.45) is 0 Å². The summed E-state index contributed by atoms with van der Waals surface area (Å²) in [6.45, 7) is 11.3. The van der Waals surface area contributed by atoms with E-state index in [1.807, 2.05) is 40.8 Å². The summed E-state index contributed by atoms with van der Waals surface area (Å²) in [5.74, 6) is 0.839. The molecule has 1 aliphatic rings. The highest BCUT2D eigenvalue weighted by molar-refractivity contribution is 5.78. The van der Waals surface area contributed by atoms with Crippen LogP contribution in [0.5, 0.6) is 5.75 Å². The minimum absolute atomic E-state index is 0.0582. The third-order valence-corrected chi connectivity index (χ3v) is 4.94. The Morgan fingerprint density at radius 3 is 2.54 bits per heavy atom. The Kier molecular flexibility index (Phi) is 5.93. The molecule has 1 aromatic carbocycles. The molecule has 26 heavy (non-hydrogen) atoms. The molecule has 2 aromatic rings. The average Bonchev–Trinajstić information content (AvgIpc) is 3.01. The summed E-state index contributed by atoms with van der Waals surface area (Å²) in [6.07, 6.45) is 2.13. The molecule has 0 N–H and O–H groups in total. The van der Waals surface area contributed by atoms with Crippen LogP contribution >= 0.6 is 0 Å². The van der Waals surface area contributed by atoms with Gasteiger partial charge in [-0.25, -0.2) is 0 Å². The van der Waals surface area contributed by atoms with Crippen LogP contribution in [0.1, 0.15) is 23.7 Å². The van der Waals surface area contributed by atoms with Crippen molar-refractivity contribution in [2.75, 3.05) is 32.8 Å². The van der Waals surface area contributed by atoms with E-state index in [2.05, 4.69) is 30.0 Å². The number of piperazine rings is 1. The molecule has 1 saturated heterocycles. The van der Waals surface area contributed by atoms with E-state index in [0.717, 1.165) is 56.3 Å². The molecule has 6 heteroatoms. The topological polar surface area (TPSA) is 50.6 Å². The van der Waals surface area contributed by atoms with Gasteiger partial charge < -0.3 is 9.64 Å². The molecule has 1 fully saturated rings. The van der Waals surface area contributed by atoms with E-state index in [1.54, 1.807) is 0 Å². The van der Waals surface area contributed by atoms with Crippen LogP contribution in [-0.4, -0.2) is 58.3 Å². The van der Waals surface area contributed by atoms with Crippen LogP contribution in [0.25, 0.3) is 0 Å². The third kappa shape index (κ3) is 4.43. The highest BCUT2D eigenvalue weighted by Gasteiger charge is 2.22. The zero-order valence-corrected chi connectivity index (χ0v) is 15.9. The van der Waals surface area contributed by atoms with Crippen LogP contribution in [0.15, 0.2) is 30.5 Å². The normalized spacial score (nSPS) is 15.3. The SMILES string of the molecule is CCn1cc(CN2CCN(C(=O)COc3ccccc3C)CC2)c(C)n1. The largest absolute Gasteiger partial charge is 0.484 e. The van der Waals surface area contributed by atoms with Gasteiger partial charge in [-0.05, 0) is 32.4 Å². The summed E-state index contributed by atoms with van der Waals surface area (Å²) in [5, 5.41) is 4.51. The fourth-order valence-electron chi connectivity index (χ4n) is 3.22. The van der Waals surface area contributed by atoms with Gasteiger partial charge in [-0.15, -0.1) is 0 Å². The van der Waals surface area contributed by atoms with E-state index in [0.29, 0.717) is 0 Å². The molecule has 1 aliphatic heterocycles. The number of rotatable bonds is 6. The van der Waals surface area contributed by atoms with Gasteiger partial charge in [0.25, 0.3) is 5.91 Å². The van der Waals surface area contributed by atoms with Crippen LogP contribution in [0.3, 0.4) is 0 Å². The highest BCUT2D eigenvalue weighted by atomic mass is 16.5. The molecular weight excluding hydrogens is 328 g/mol. The molecule has 3 rings (SSSR count). The van der Waals surface area contributed by atoms with Crippen molar-refractivity contribution in [3.63, 3.8) is 0 Å². The van der Waals surface area contributed by atoms with E-state index in [9.17, 15) is 4.79 Å². The molecule has 0 aliphatic carbocycles. The van der Waals surface area contributed by atoms with Gasteiger partial charge in [0, 0.05) is 51.0 Å². The van der Waals surface area contributed by atoms with Crippen molar-refractivity contribution >= 4 is 5.91 Å². The van der Waals surface area contributed by atoms with Crippen LogP contribution in [0.2, 0.25) is 0 Å². The van der Waals surface area contributed by atoms with Gasteiger partial charge in [0.15, 0.2) is 6.61 Å². The Bertz CT molecular complexity index is 748. The van der Waals surface area contributed by atoms with Gasteiger partial charge in [-0.1, -0.05) is 18.2 Å². The van der Waals surface area contributed by atoms with Crippen LogP contribution < -0.4 is 4.74 Å². The van der Waals surface area contributed by atoms with Gasteiger partial charge in [0.05, 0.1) is 5.69 Å². The summed E-state index contributed by atoms with van der Waals surface area (Å²) in [5.41, 5.74) is 3.42. The lowest BCUT2D eigenvalue weighted by atomic mass is 10.2. The molecule has 140 valence electrons. The van der Waals surface area contributed by atoms with Gasteiger partial charge in [0.2, 0.25) is 0 Å². The summed E-state index contributed by atoms with van der Waals surface area (Å²) in [7, 11) is 0. The molecule has 6 nitrogen and oxygen atoms in total. The first-order valence-electron chi connectivity index (χ1n) is 9.28. The van der Waals surface area contributed by atoms with Crippen LogP contribution in [-0.2, 0) is 17.9 Å². The van der Waals surface area contributed by atoms with Gasteiger partial charge in [-0.3, -0.25) is 14.4 Å². The second-order valence-corrected chi connectivity index (χ2v) is 6.81. The lowest BCUT2D eigenvalue weighted by Crippen LogP contribution is -2.49. The number of amides is 1. The molecule has 0 unspecified atom stereocenters. The van der Waals surface area contributed by atoms with Gasteiger partial charge in [0.1, 0.15) is 5.75 Å². The Labute approximate surface area is 155 Å². The average molecular weight is 356 g/mol. The molecule has 1 aromatic heterocycles. The van der Waals surface area contributed by atoms with Crippen molar-refractivity contribution in [1.82, 2.24) is 19.6 Å². The zero-order valence-electron chi connectivity index (χ0n) is 15.9. The first kappa shape index (κ1) is 18.5. The smallest absolute Gasteiger partial charge is 0.260 e. The molecule has 0 saturated carbocycles. The number of aromatic nitrogens is 2. The number of aryl methyl sites for hydroxylation is 3. The molecule has 1 amide bonds. The van der Waals surface area contributed by atoms with E-state index >= 15 is 0 Å². The number of carbonyl (C=O) groups excluding carboxylic acids is 1. The number of para-hydroxylation sites is 1. The summed E-state index contributed by atoms with van der Waals surface area (Å²) >= 11 is 0. The van der Waals surface area contributed by atoms with Crippen LogP contribution in [0, 0.1) is 13.8 Å². The van der Waals surface area contributed by atoms with E-state index in [-0.39, 0.29) is 12.5 Å². The molecule has 0 radical (unpaired) electrons.